The number of nitrogens with one attached hydrogen (secondary N) is 1. The molecule has 1 aromatic carbocycles. The number of aromatic nitrogens is 2. The van der Waals surface area contributed by atoms with Crippen LogP contribution in [0.25, 0.3) is 11.0 Å². The van der Waals surface area contributed by atoms with E-state index in [1.54, 1.807) is 0 Å². The van der Waals surface area contributed by atoms with E-state index in [9.17, 15) is 0 Å². The monoisotopic (exact) mass is 271 g/mol. The summed E-state index contributed by atoms with van der Waals surface area (Å²) in [5, 5.41) is 3.63. The quantitative estimate of drug-likeness (QED) is 0.835. The standard InChI is InChI=1S/C17H25N3/c1-4-8-14(18-11-5-2)12-17-13(3)19-15-9-6-7-10-16(15)20-17/h6-7,9-10,14,18H,4-5,8,11-12H2,1-3H3. The Morgan fingerprint density at radius 3 is 2.40 bits per heavy atom. The largest absolute Gasteiger partial charge is 0.314 e. The predicted octanol–water partition coefficient (Wildman–Crippen LogP) is 3.65. The fourth-order valence-electron chi connectivity index (χ4n) is 2.52. The summed E-state index contributed by atoms with van der Waals surface area (Å²) < 4.78 is 0. The van der Waals surface area contributed by atoms with Gasteiger partial charge in [0.2, 0.25) is 0 Å². The SMILES string of the molecule is CCCNC(CCC)Cc1nc2ccccc2nc1C. The third-order valence-corrected chi connectivity index (χ3v) is 3.60. The summed E-state index contributed by atoms with van der Waals surface area (Å²) in [5.74, 6) is 0. The molecule has 0 spiro atoms. The Kier molecular flexibility index (Phi) is 5.48. The highest BCUT2D eigenvalue weighted by Gasteiger charge is 2.12. The molecule has 108 valence electrons. The van der Waals surface area contributed by atoms with Crippen LogP contribution in [0.2, 0.25) is 0 Å². The number of aryl methyl sites for hydroxylation is 1. The van der Waals surface area contributed by atoms with Crippen LogP contribution in [-0.2, 0) is 6.42 Å². The van der Waals surface area contributed by atoms with Crippen molar-refractivity contribution in [3.05, 3.63) is 35.7 Å². The van der Waals surface area contributed by atoms with E-state index >= 15 is 0 Å². The Balaban J connectivity index is 2.19. The summed E-state index contributed by atoms with van der Waals surface area (Å²) in [6.07, 6.45) is 4.52. The van der Waals surface area contributed by atoms with Crippen LogP contribution in [0.3, 0.4) is 0 Å². The van der Waals surface area contributed by atoms with Crippen LogP contribution >= 0.6 is 0 Å². The minimum Gasteiger partial charge on any atom is -0.314 e. The second kappa shape index (κ2) is 7.34. The molecule has 0 aliphatic heterocycles. The molecule has 1 N–H and O–H groups in total. The zero-order chi connectivity index (χ0) is 14.4. The van der Waals surface area contributed by atoms with Gasteiger partial charge in [-0.25, -0.2) is 9.97 Å². The summed E-state index contributed by atoms with van der Waals surface area (Å²) in [6.45, 7) is 7.58. The maximum absolute atomic E-state index is 4.80. The van der Waals surface area contributed by atoms with Crippen LogP contribution < -0.4 is 5.32 Å². The summed E-state index contributed by atoms with van der Waals surface area (Å²) in [7, 11) is 0. The summed E-state index contributed by atoms with van der Waals surface area (Å²) >= 11 is 0. The van der Waals surface area contributed by atoms with Gasteiger partial charge in [0.05, 0.1) is 22.4 Å². The van der Waals surface area contributed by atoms with Crippen molar-refractivity contribution in [3.63, 3.8) is 0 Å². The highest BCUT2D eigenvalue weighted by atomic mass is 14.9. The molecule has 20 heavy (non-hydrogen) atoms. The molecular formula is C17H25N3. The maximum Gasteiger partial charge on any atom is 0.0890 e. The summed E-state index contributed by atoms with van der Waals surface area (Å²) in [4.78, 5) is 9.48. The van der Waals surface area contributed by atoms with E-state index in [0.717, 1.165) is 35.4 Å². The molecule has 0 saturated heterocycles. The highest BCUT2D eigenvalue weighted by molar-refractivity contribution is 5.74. The van der Waals surface area contributed by atoms with Gasteiger partial charge in [0.1, 0.15) is 0 Å². The second-order valence-corrected chi connectivity index (χ2v) is 5.39. The Bertz CT molecular complexity index is 551. The minimum atomic E-state index is 0.508. The van der Waals surface area contributed by atoms with Crippen LogP contribution in [0.5, 0.6) is 0 Å². The zero-order valence-electron chi connectivity index (χ0n) is 12.8. The normalized spacial score (nSPS) is 12.8. The third-order valence-electron chi connectivity index (χ3n) is 3.60. The van der Waals surface area contributed by atoms with Crippen LogP contribution in [0, 0.1) is 6.92 Å². The lowest BCUT2D eigenvalue weighted by Gasteiger charge is -2.18. The number of benzene rings is 1. The van der Waals surface area contributed by atoms with Gasteiger partial charge in [-0.15, -0.1) is 0 Å². The van der Waals surface area contributed by atoms with E-state index in [0.29, 0.717) is 6.04 Å². The van der Waals surface area contributed by atoms with Crippen molar-refractivity contribution in [1.82, 2.24) is 15.3 Å². The van der Waals surface area contributed by atoms with Crippen LogP contribution in [0.4, 0.5) is 0 Å². The first-order valence-corrected chi connectivity index (χ1v) is 7.70. The first-order chi connectivity index (χ1) is 9.74. The first kappa shape index (κ1) is 14.9. The van der Waals surface area contributed by atoms with Crippen molar-refractivity contribution in [1.29, 1.82) is 0 Å². The van der Waals surface area contributed by atoms with Crippen LogP contribution in [0.1, 0.15) is 44.5 Å². The molecule has 0 radical (unpaired) electrons. The van der Waals surface area contributed by atoms with Crippen LogP contribution in [0.15, 0.2) is 24.3 Å². The molecule has 2 aromatic rings. The summed E-state index contributed by atoms with van der Waals surface area (Å²) in [5.41, 5.74) is 4.18. The minimum absolute atomic E-state index is 0.508. The molecule has 0 aliphatic carbocycles. The summed E-state index contributed by atoms with van der Waals surface area (Å²) in [6, 6.07) is 8.61. The number of para-hydroxylation sites is 2. The lowest BCUT2D eigenvalue weighted by Crippen LogP contribution is -2.32. The number of hydrogen-bond donors (Lipinski definition) is 1. The Hall–Kier alpha value is -1.48. The average Bonchev–Trinajstić information content (AvgIpc) is 2.45. The van der Waals surface area contributed by atoms with Crippen molar-refractivity contribution >= 4 is 11.0 Å². The molecule has 1 unspecified atom stereocenters. The average molecular weight is 271 g/mol. The smallest absolute Gasteiger partial charge is 0.0890 e. The first-order valence-electron chi connectivity index (χ1n) is 7.70. The van der Waals surface area contributed by atoms with Gasteiger partial charge in [0, 0.05) is 12.5 Å². The van der Waals surface area contributed by atoms with Crippen molar-refractivity contribution in [2.24, 2.45) is 0 Å². The van der Waals surface area contributed by atoms with Crippen molar-refractivity contribution in [2.75, 3.05) is 6.54 Å². The number of fused-ring (bicyclic) bond motifs is 1. The van der Waals surface area contributed by atoms with Crippen LogP contribution in [-0.4, -0.2) is 22.6 Å². The van der Waals surface area contributed by atoms with Gasteiger partial charge in [-0.2, -0.15) is 0 Å². The lowest BCUT2D eigenvalue weighted by molar-refractivity contribution is 0.468. The van der Waals surface area contributed by atoms with E-state index < -0.39 is 0 Å². The van der Waals surface area contributed by atoms with E-state index in [4.69, 9.17) is 4.98 Å². The fourth-order valence-corrected chi connectivity index (χ4v) is 2.52. The lowest BCUT2D eigenvalue weighted by atomic mass is 10.0. The van der Waals surface area contributed by atoms with E-state index in [1.807, 2.05) is 24.3 Å². The van der Waals surface area contributed by atoms with Crippen molar-refractivity contribution < 1.29 is 0 Å². The van der Waals surface area contributed by atoms with E-state index in [2.05, 4.69) is 31.1 Å². The predicted molar refractivity (Wildman–Crippen MR) is 85.0 cm³/mol. The maximum atomic E-state index is 4.80. The topological polar surface area (TPSA) is 37.8 Å². The fraction of sp³-hybridized carbons (Fsp3) is 0.529. The van der Waals surface area contributed by atoms with Crippen molar-refractivity contribution in [2.45, 2.75) is 52.5 Å². The molecule has 3 heteroatoms. The number of rotatable bonds is 7. The van der Waals surface area contributed by atoms with Gasteiger partial charge in [-0.1, -0.05) is 32.4 Å². The molecule has 2 rings (SSSR count). The van der Waals surface area contributed by atoms with Gasteiger partial charge in [0.15, 0.2) is 0 Å². The van der Waals surface area contributed by atoms with E-state index in [1.165, 1.54) is 19.3 Å². The van der Waals surface area contributed by atoms with Gasteiger partial charge >= 0.3 is 0 Å². The molecule has 1 aromatic heterocycles. The van der Waals surface area contributed by atoms with Gasteiger partial charge < -0.3 is 5.32 Å². The molecule has 1 atom stereocenters. The van der Waals surface area contributed by atoms with E-state index in [-0.39, 0.29) is 0 Å². The van der Waals surface area contributed by atoms with Gasteiger partial charge in [0.25, 0.3) is 0 Å². The second-order valence-electron chi connectivity index (χ2n) is 5.39. The Morgan fingerprint density at radius 2 is 1.75 bits per heavy atom. The molecule has 0 aliphatic rings. The molecule has 3 nitrogen and oxygen atoms in total. The van der Waals surface area contributed by atoms with Gasteiger partial charge in [-0.05, 0) is 38.4 Å². The molecule has 0 amide bonds. The molecule has 1 heterocycles. The molecule has 0 saturated carbocycles. The molecular weight excluding hydrogens is 246 g/mol. The highest BCUT2D eigenvalue weighted by Crippen LogP contribution is 2.15. The zero-order valence-corrected chi connectivity index (χ0v) is 12.8. The Morgan fingerprint density at radius 1 is 1.05 bits per heavy atom. The van der Waals surface area contributed by atoms with Crippen molar-refractivity contribution in [3.8, 4) is 0 Å². The number of nitrogens with zero attached hydrogens (tertiary/aromatic N) is 2. The van der Waals surface area contributed by atoms with Gasteiger partial charge in [-0.3, -0.25) is 0 Å². The number of hydrogen-bond acceptors (Lipinski definition) is 3. The third kappa shape index (κ3) is 3.76. The molecule has 0 fully saturated rings. The Labute approximate surface area is 121 Å². The molecule has 0 bridgehead atoms.